The van der Waals surface area contributed by atoms with Gasteiger partial charge in [-0.3, -0.25) is 86.9 Å². The van der Waals surface area contributed by atoms with Crippen LogP contribution < -0.4 is 75.7 Å². The van der Waals surface area contributed by atoms with Crippen LogP contribution in [0, 0.1) is 11.3 Å². The number of carbonyl (C=O) groups is 17. The van der Waals surface area contributed by atoms with Crippen molar-refractivity contribution in [3.8, 4) is 5.75 Å². The van der Waals surface area contributed by atoms with E-state index in [4.69, 9.17) is 22.6 Å². The van der Waals surface area contributed by atoms with Gasteiger partial charge in [0.15, 0.2) is 5.96 Å². The number of amides is 17. The topological polar surface area (TPSA) is 662 Å². The molecule has 46 heteroatoms. The molecule has 9 rings (SSSR count). The van der Waals surface area contributed by atoms with Gasteiger partial charge in [0.05, 0.1) is 37.8 Å². The molecule has 3 fully saturated rings. The number of para-hydroxylation sites is 2. The van der Waals surface area contributed by atoms with E-state index in [-0.39, 0.29) is 101 Å². The SMILES string of the molecule is CCCC[C@H]1C(=O)N(C)[C@@H](CCSC)C(=O)N[C@@H](CCCNC(=N)N)C(=O)NC(C(=O)NCC(N)=O)CSCC(=O)N[C@@H](Cc2ccc(O)cc2)C(=O)N(C)[C@@H](C)C(=O)N[C@@H](CC(N)=O)C(=O)N2CCC[C@H]2C(=O)N[C@@H](Cc2cnc[nH]2)C(=O)N[C@@H](CC(C)C)C(=O)N2C[C@H](O)C[C@H]2C(=O)N[C@@H](Cc2c[nH]c3ccccc23)C(=O)N[C@@H](CO)C(=O)N[C@@H](Cc2c[nH]c3ccccc23)C(=O)N1C. The zero-order valence-electron chi connectivity index (χ0n) is 77.3. The van der Waals surface area contributed by atoms with Crippen LogP contribution in [-0.4, -0.2) is 334 Å². The number of thioether (sulfide) groups is 2. The molecule has 6 heterocycles. The number of phenolic OH excluding ortho intramolecular Hbond substituents is 1. The fourth-order valence-electron chi connectivity index (χ4n) is 16.6. The largest absolute Gasteiger partial charge is 0.508 e. The minimum Gasteiger partial charge on any atom is -0.508 e. The number of benzene rings is 3. The number of guanidine groups is 1. The molecule has 3 aromatic heterocycles. The Morgan fingerprint density at radius 2 is 1.14 bits per heavy atom. The molecule has 24 N–H and O–H groups in total. The minimum absolute atomic E-state index is 0.0184. The number of hydrogen-bond acceptors (Lipinski definition) is 24. The summed E-state index contributed by atoms with van der Waals surface area (Å²) in [5.41, 5.74) is 19.7. The fourth-order valence-corrected chi connectivity index (χ4v) is 17.9. The van der Waals surface area contributed by atoms with Crippen molar-refractivity contribution in [3.05, 3.63) is 120 Å². The Hall–Kier alpha value is -13.4. The lowest BCUT2D eigenvalue weighted by atomic mass is 10.00. The van der Waals surface area contributed by atoms with Gasteiger partial charge in [0.1, 0.15) is 90.3 Å². The van der Waals surface area contributed by atoms with E-state index in [1.165, 1.54) is 76.6 Å². The summed E-state index contributed by atoms with van der Waals surface area (Å²) in [5, 5.41) is 71.1. The summed E-state index contributed by atoms with van der Waals surface area (Å²) in [6.45, 7) is 4.16. The molecule has 0 spiro atoms. The summed E-state index contributed by atoms with van der Waals surface area (Å²) >= 11 is 2.07. The Kier molecular flexibility index (Phi) is 39.7. The van der Waals surface area contributed by atoms with Gasteiger partial charge in [-0.2, -0.15) is 11.8 Å². The number of H-pyrrole nitrogens is 3. The number of rotatable bonds is 26. The second-order valence-corrected chi connectivity index (χ2v) is 36.6. The van der Waals surface area contributed by atoms with Crippen molar-refractivity contribution in [1.82, 2.24) is 103 Å². The van der Waals surface area contributed by atoms with Gasteiger partial charge in [-0.15, -0.1) is 11.8 Å². The van der Waals surface area contributed by atoms with Gasteiger partial charge in [0.25, 0.3) is 0 Å². The average molecular weight is 1930 g/mol. The summed E-state index contributed by atoms with van der Waals surface area (Å²) in [6, 6.07) is -2.35. The molecular formula is C90H126N24O20S2. The predicted octanol–water partition coefficient (Wildman–Crippen LogP) is -3.37. The first-order chi connectivity index (χ1) is 64.8. The number of primary amides is 2. The number of nitrogens with two attached hydrogens (primary N) is 3. The summed E-state index contributed by atoms with van der Waals surface area (Å²) in [4.78, 5) is 269. The molecule has 44 nitrogen and oxygen atoms in total. The van der Waals surface area contributed by atoms with Crippen molar-refractivity contribution >= 4 is 152 Å². The van der Waals surface area contributed by atoms with Crippen LogP contribution in [0.25, 0.3) is 21.8 Å². The van der Waals surface area contributed by atoms with Gasteiger partial charge in [0.2, 0.25) is 100 Å². The van der Waals surface area contributed by atoms with E-state index in [9.17, 15) is 58.5 Å². The van der Waals surface area contributed by atoms with Crippen molar-refractivity contribution in [2.45, 2.75) is 215 Å². The molecule has 0 aliphatic carbocycles. The third-order valence-corrected chi connectivity index (χ3v) is 25.8. The minimum atomic E-state index is -1.90. The highest BCUT2D eigenvalue weighted by Crippen LogP contribution is 2.28. The number of carbonyl (C=O) groups excluding carboxylic acids is 17. The molecule has 3 saturated heterocycles. The Bertz CT molecular complexity index is 5250. The number of nitrogens with zero attached hydrogens (tertiary/aromatic N) is 6. The molecule has 3 aliphatic rings. The van der Waals surface area contributed by atoms with Crippen molar-refractivity contribution in [2.75, 3.05) is 77.4 Å². The van der Waals surface area contributed by atoms with E-state index in [0.717, 1.165) is 36.3 Å². The first-order valence-electron chi connectivity index (χ1n) is 45.1. The van der Waals surface area contributed by atoms with Crippen LogP contribution in [0.5, 0.6) is 5.75 Å². The van der Waals surface area contributed by atoms with Gasteiger partial charge in [-0.25, -0.2) is 4.98 Å². The predicted molar refractivity (Wildman–Crippen MR) is 503 cm³/mol. The van der Waals surface area contributed by atoms with Crippen LogP contribution in [0.1, 0.15) is 121 Å². The van der Waals surface area contributed by atoms with Crippen LogP contribution in [0.3, 0.4) is 0 Å². The third kappa shape index (κ3) is 29.6. The zero-order valence-corrected chi connectivity index (χ0v) is 78.9. The van der Waals surface area contributed by atoms with Crippen LogP contribution in [0.4, 0.5) is 0 Å². The number of aliphatic hydroxyl groups is 2. The van der Waals surface area contributed by atoms with Crippen LogP contribution in [0.2, 0.25) is 0 Å². The zero-order chi connectivity index (χ0) is 99.3. The molecule has 0 bridgehead atoms. The molecule has 738 valence electrons. The lowest BCUT2D eigenvalue weighted by Gasteiger charge is -2.36. The highest BCUT2D eigenvalue weighted by atomic mass is 32.2. The van der Waals surface area contributed by atoms with Gasteiger partial charge in [-0.05, 0) is 111 Å². The van der Waals surface area contributed by atoms with Crippen LogP contribution in [0.15, 0.2) is 97.7 Å². The van der Waals surface area contributed by atoms with E-state index < -0.39 is 241 Å². The number of likely N-dealkylation sites (N-methyl/N-ethyl adjacent to an activating group) is 3. The molecule has 0 saturated carbocycles. The molecule has 136 heavy (non-hydrogen) atoms. The van der Waals surface area contributed by atoms with Crippen molar-refractivity contribution < 1.29 is 96.8 Å². The Morgan fingerprint density at radius 3 is 1.74 bits per heavy atom. The number of imidazole rings is 1. The van der Waals surface area contributed by atoms with Gasteiger partial charge >= 0.3 is 0 Å². The molecule has 6 aromatic rings. The number of hydrogen-bond donors (Lipinski definition) is 21. The first kappa shape index (κ1) is 106. The van der Waals surface area contributed by atoms with E-state index in [0.29, 0.717) is 57.0 Å². The maximum absolute atomic E-state index is 15.8. The summed E-state index contributed by atoms with van der Waals surface area (Å²) < 4.78 is 0. The number of aromatic nitrogens is 4. The van der Waals surface area contributed by atoms with Crippen LogP contribution in [-0.2, 0) is 107 Å². The number of unbranched alkanes of at least 4 members (excludes halogenated alkanes) is 1. The normalized spacial score (nSPS) is 24.7. The smallest absolute Gasteiger partial charge is 0.246 e. The molecular weight excluding hydrogens is 1800 g/mol. The third-order valence-electron chi connectivity index (χ3n) is 24.1. The highest BCUT2D eigenvalue weighted by molar-refractivity contribution is 8.00. The van der Waals surface area contributed by atoms with Gasteiger partial charge < -0.3 is 130 Å². The number of aromatic amines is 3. The molecule has 1 unspecified atom stereocenters. The standard InChI is InChI=1S/C90H126N24O20S2/c1-9-10-22-71-89(134)111(6)69(28-31-135-8)82(127)102-60(21-15-29-96-90(93)94)78(123)109-68(77(122)99-42-74(92)119)45-136-46-75(120)101-64(33-50-24-26-54(116)27-25-50)85(130)110(5)49(4)76(121)105-66(38-73(91)118)87(132)113-30-16-23-70(113)83(128)104-62(36-53-41-95-47-100-53)80(125)106-63(32-48(2)3)88(133)114-43-55(117)37-72(114)84(129)103-61(34-51-39-97-58-19-13-11-17-56(51)58)79(124)108-67(44-115)81(126)107-65(86(131)112(71)7)35-52-40-98-59-20-14-12-18-57(52)59/h11-14,17-20,24-27,39-41,47-49,55,60-72,97-98,115-117H,9-10,15-16,21-23,28-38,42-46H2,1-8H3,(H2,91,118)(H2,92,119)(H,95,100)(H,99,122)(H,101,120)(H,102,127)(H,103,129)(H,104,128)(H,105,121)(H,106,125)(H,107,126)(H,108,124)(H,109,123)(H4,93,94,96)/t49-,55+,60-,61-,62-,63-,64-,65-,66-,67-,68?,69-,70-,71-,72-/m0/s1. The number of nitrogens with one attached hydrogen (secondary N) is 15. The lowest BCUT2D eigenvalue weighted by Crippen LogP contribution is -2.62. The Morgan fingerprint density at radius 1 is 0.581 bits per heavy atom. The molecule has 15 atom stereocenters. The number of aromatic hydroxyl groups is 1. The van der Waals surface area contributed by atoms with E-state index in [1.807, 2.05) is 6.92 Å². The fraction of sp³-hybridized carbons (Fsp3) is 0.522. The maximum Gasteiger partial charge on any atom is 0.246 e. The molecule has 17 amide bonds. The summed E-state index contributed by atoms with van der Waals surface area (Å²) in [6.07, 6.45) is 4.51. The average Bonchev–Trinajstić information content (AvgIpc) is 1.53. The van der Waals surface area contributed by atoms with Crippen molar-refractivity contribution in [1.29, 1.82) is 5.41 Å². The Labute approximate surface area is 793 Å². The number of fused-ring (bicyclic) bond motifs is 4. The highest BCUT2D eigenvalue weighted by Gasteiger charge is 2.47. The second-order valence-electron chi connectivity index (χ2n) is 34.6. The van der Waals surface area contributed by atoms with Crippen LogP contribution >= 0.6 is 23.5 Å². The molecule has 0 radical (unpaired) electrons. The van der Waals surface area contributed by atoms with Crippen molar-refractivity contribution in [3.63, 3.8) is 0 Å². The van der Waals surface area contributed by atoms with Gasteiger partial charge in [-0.1, -0.05) is 82.1 Å². The van der Waals surface area contributed by atoms with E-state index in [2.05, 4.69) is 78.4 Å². The summed E-state index contributed by atoms with van der Waals surface area (Å²) in [7, 11) is 3.89. The molecule has 3 aromatic carbocycles. The van der Waals surface area contributed by atoms with E-state index in [1.54, 1.807) is 81.0 Å². The lowest BCUT2D eigenvalue weighted by molar-refractivity contribution is -0.149. The number of phenols is 1. The maximum atomic E-state index is 15.8. The Balaban J connectivity index is 1.10. The van der Waals surface area contributed by atoms with E-state index >= 15 is 38.4 Å². The second kappa shape index (κ2) is 50.8. The molecule has 3 aliphatic heterocycles. The van der Waals surface area contributed by atoms with Crippen molar-refractivity contribution in [2.24, 2.45) is 23.1 Å². The summed E-state index contributed by atoms with van der Waals surface area (Å²) in [5.74, 6) is -17.9. The van der Waals surface area contributed by atoms with Gasteiger partial charge in [0, 0.05) is 125 Å². The quantitative estimate of drug-likeness (QED) is 0.0143. The monoisotopic (exact) mass is 1930 g/mol. The first-order valence-corrected chi connectivity index (χ1v) is 47.6. The number of aliphatic hydroxyl groups excluding tert-OH is 2.